The number of nitrogens with one attached hydrogen (secondary N) is 1. The molecule has 0 saturated carbocycles. The third-order valence-corrected chi connectivity index (χ3v) is 2.49. The summed E-state index contributed by atoms with van der Waals surface area (Å²) in [7, 11) is 1.46. The number of amides is 1. The molecule has 0 aliphatic carbocycles. The molecule has 1 amide bonds. The molecule has 0 rings (SSSR count). The van der Waals surface area contributed by atoms with Gasteiger partial charge in [-0.25, -0.2) is 0 Å². The van der Waals surface area contributed by atoms with Crippen molar-refractivity contribution in [3.05, 3.63) is 0 Å². The van der Waals surface area contributed by atoms with Crippen molar-refractivity contribution in [1.82, 2.24) is 5.32 Å². The Morgan fingerprint density at radius 3 is 2.25 bits per heavy atom. The highest BCUT2D eigenvalue weighted by molar-refractivity contribution is 5.84. The molecule has 0 heterocycles. The number of aliphatic hydroxyl groups excluding tert-OH is 1. The molecule has 0 saturated heterocycles. The summed E-state index contributed by atoms with van der Waals surface area (Å²) in [6, 6.07) is -0.499. The maximum absolute atomic E-state index is 11.6. The molecule has 0 radical (unpaired) electrons. The van der Waals surface area contributed by atoms with Crippen LogP contribution in [0.2, 0.25) is 0 Å². The maximum atomic E-state index is 11.6. The largest absolute Gasteiger partial charge is 0.481 e. The number of carboxylic acids is 1. The number of hydrogen-bond acceptors (Lipinski definition) is 4. The Labute approximate surface area is 94.6 Å². The van der Waals surface area contributed by atoms with Crippen LogP contribution in [0.4, 0.5) is 0 Å². The van der Waals surface area contributed by atoms with Gasteiger partial charge in [0, 0.05) is 13.0 Å². The molecule has 0 aromatic rings. The molecule has 3 atom stereocenters. The van der Waals surface area contributed by atoms with Gasteiger partial charge in [0.15, 0.2) is 0 Å². The van der Waals surface area contributed by atoms with E-state index in [1.54, 1.807) is 0 Å². The maximum Gasteiger partial charge on any atom is 0.307 e. The number of hydrogen-bond donors (Lipinski definition) is 3. The van der Waals surface area contributed by atoms with Crippen LogP contribution in [0.25, 0.3) is 0 Å². The fraction of sp³-hybridized carbons (Fsp3) is 0.800. The van der Waals surface area contributed by atoms with Gasteiger partial charge in [0.25, 0.3) is 0 Å². The molecule has 0 fully saturated rings. The van der Waals surface area contributed by atoms with Gasteiger partial charge >= 0.3 is 5.97 Å². The minimum absolute atomic E-state index is 0.191. The molecule has 0 bridgehead atoms. The van der Waals surface area contributed by atoms with Gasteiger partial charge in [-0.2, -0.15) is 0 Å². The van der Waals surface area contributed by atoms with E-state index in [0.717, 1.165) is 0 Å². The number of carbonyl (C=O) groups is 2. The number of rotatable bonds is 7. The number of carboxylic acid groups (broad SMARTS) is 1. The Hall–Kier alpha value is -1.14. The normalized spacial score (nSPS) is 16.2. The molecule has 0 spiro atoms. The van der Waals surface area contributed by atoms with Crippen LogP contribution in [0.15, 0.2) is 0 Å². The number of methoxy groups -OCH3 is 1. The molecule has 94 valence electrons. The van der Waals surface area contributed by atoms with Crippen molar-refractivity contribution in [2.24, 2.45) is 11.8 Å². The third-order valence-electron chi connectivity index (χ3n) is 2.49. The van der Waals surface area contributed by atoms with E-state index in [-0.39, 0.29) is 13.2 Å². The van der Waals surface area contributed by atoms with Gasteiger partial charge in [-0.3, -0.25) is 9.59 Å². The SMILES string of the molecule is COCC(CO)NC(=O)C(C)C(C)C(=O)O. The van der Waals surface area contributed by atoms with Crippen molar-refractivity contribution in [3.8, 4) is 0 Å². The number of ether oxygens (including phenoxy) is 1. The van der Waals surface area contributed by atoms with Crippen molar-refractivity contribution in [3.63, 3.8) is 0 Å². The summed E-state index contributed by atoms with van der Waals surface area (Å²) in [6.07, 6.45) is 0. The lowest BCUT2D eigenvalue weighted by atomic mass is 9.95. The van der Waals surface area contributed by atoms with Crippen LogP contribution in [-0.2, 0) is 14.3 Å². The topological polar surface area (TPSA) is 95.9 Å². The molecule has 3 N–H and O–H groups in total. The molecule has 6 heteroatoms. The molecule has 0 aliphatic rings. The molecule has 3 unspecified atom stereocenters. The Kier molecular flexibility index (Phi) is 6.67. The molecular weight excluding hydrogens is 214 g/mol. The van der Waals surface area contributed by atoms with Gasteiger partial charge < -0.3 is 20.3 Å². The average Bonchev–Trinajstić information content (AvgIpc) is 2.25. The van der Waals surface area contributed by atoms with Crippen LogP contribution >= 0.6 is 0 Å². The van der Waals surface area contributed by atoms with Crippen LogP contribution in [0.1, 0.15) is 13.8 Å². The highest BCUT2D eigenvalue weighted by atomic mass is 16.5. The van der Waals surface area contributed by atoms with Crippen molar-refractivity contribution in [1.29, 1.82) is 0 Å². The first kappa shape index (κ1) is 14.9. The quantitative estimate of drug-likeness (QED) is 0.549. The highest BCUT2D eigenvalue weighted by Crippen LogP contribution is 2.11. The van der Waals surface area contributed by atoms with E-state index in [1.807, 2.05) is 0 Å². The predicted octanol–water partition coefficient (Wildman–Crippen LogP) is -0.533. The summed E-state index contributed by atoms with van der Waals surface area (Å²) in [5.74, 6) is -2.83. The fourth-order valence-electron chi connectivity index (χ4n) is 1.11. The Morgan fingerprint density at radius 2 is 1.88 bits per heavy atom. The Morgan fingerprint density at radius 1 is 1.31 bits per heavy atom. The first-order valence-corrected chi connectivity index (χ1v) is 5.07. The van der Waals surface area contributed by atoms with Gasteiger partial charge in [-0.05, 0) is 0 Å². The van der Waals surface area contributed by atoms with E-state index >= 15 is 0 Å². The average molecular weight is 233 g/mol. The lowest BCUT2D eigenvalue weighted by Crippen LogP contribution is -2.45. The van der Waals surface area contributed by atoms with Crippen molar-refractivity contribution in [2.75, 3.05) is 20.3 Å². The first-order valence-electron chi connectivity index (χ1n) is 5.07. The van der Waals surface area contributed by atoms with Crippen LogP contribution in [-0.4, -0.2) is 48.5 Å². The lowest BCUT2D eigenvalue weighted by molar-refractivity contribution is -0.146. The zero-order valence-electron chi connectivity index (χ0n) is 9.77. The smallest absolute Gasteiger partial charge is 0.307 e. The second-order valence-electron chi connectivity index (χ2n) is 3.76. The van der Waals surface area contributed by atoms with Crippen LogP contribution < -0.4 is 5.32 Å². The molecule has 16 heavy (non-hydrogen) atoms. The van der Waals surface area contributed by atoms with Crippen LogP contribution in [0.5, 0.6) is 0 Å². The van der Waals surface area contributed by atoms with Gasteiger partial charge in [-0.15, -0.1) is 0 Å². The van der Waals surface area contributed by atoms with Crippen molar-refractivity contribution < 1.29 is 24.5 Å². The number of aliphatic hydroxyl groups is 1. The van der Waals surface area contributed by atoms with E-state index in [0.29, 0.717) is 0 Å². The zero-order valence-corrected chi connectivity index (χ0v) is 9.77. The second kappa shape index (κ2) is 7.19. The van der Waals surface area contributed by atoms with E-state index in [9.17, 15) is 9.59 Å². The van der Waals surface area contributed by atoms with E-state index in [1.165, 1.54) is 21.0 Å². The minimum atomic E-state index is -1.02. The van der Waals surface area contributed by atoms with Crippen molar-refractivity contribution in [2.45, 2.75) is 19.9 Å². The summed E-state index contributed by atoms with van der Waals surface area (Å²) in [5.41, 5.74) is 0. The standard InChI is InChI=1S/C10H19NO5/c1-6(7(2)10(14)15)9(13)11-8(4-12)5-16-3/h6-8,12H,4-5H2,1-3H3,(H,11,13)(H,14,15). The van der Waals surface area contributed by atoms with Gasteiger partial charge in [-0.1, -0.05) is 13.8 Å². The number of carbonyl (C=O) groups excluding carboxylic acids is 1. The highest BCUT2D eigenvalue weighted by Gasteiger charge is 2.26. The van der Waals surface area contributed by atoms with E-state index in [2.05, 4.69) is 5.32 Å². The molecule has 6 nitrogen and oxygen atoms in total. The van der Waals surface area contributed by atoms with E-state index < -0.39 is 29.8 Å². The predicted molar refractivity (Wildman–Crippen MR) is 56.9 cm³/mol. The summed E-state index contributed by atoms with van der Waals surface area (Å²) in [4.78, 5) is 22.3. The first-order chi connectivity index (χ1) is 7.43. The summed E-state index contributed by atoms with van der Waals surface area (Å²) in [6.45, 7) is 2.95. The van der Waals surface area contributed by atoms with Crippen molar-refractivity contribution >= 4 is 11.9 Å². The molecule has 0 aliphatic heterocycles. The Bertz CT molecular complexity index is 243. The fourth-order valence-corrected chi connectivity index (χ4v) is 1.11. The van der Waals surface area contributed by atoms with Gasteiger partial charge in [0.2, 0.25) is 5.91 Å². The Balaban J connectivity index is 4.27. The summed E-state index contributed by atoms with van der Waals surface area (Å²) in [5, 5.41) is 20.2. The zero-order chi connectivity index (χ0) is 12.7. The lowest BCUT2D eigenvalue weighted by Gasteiger charge is -2.20. The van der Waals surface area contributed by atoms with Gasteiger partial charge in [0.05, 0.1) is 25.2 Å². The molecule has 0 aromatic carbocycles. The molecule has 0 aromatic heterocycles. The number of aliphatic carboxylic acids is 1. The second-order valence-corrected chi connectivity index (χ2v) is 3.76. The minimum Gasteiger partial charge on any atom is -0.481 e. The summed E-state index contributed by atoms with van der Waals surface area (Å²) < 4.78 is 4.79. The summed E-state index contributed by atoms with van der Waals surface area (Å²) >= 11 is 0. The van der Waals surface area contributed by atoms with Crippen LogP contribution in [0.3, 0.4) is 0 Å². The van der Waals surface area contributed by atoms with Crippen LogP contribution in [0, 0.1) is 11.8 Å². The van der Waals surface area contributed by atoms with Gasteiger partial charge in [0.1, 0.15) is 0 Å². The molecular formula is C10H19NO5. The van der Waals surface area contributed by atoms with E-state index in [4.69, 9.17) is 14.9 Å². The monoisotopic (exact) mass is 233 g/mol. The third kappa shape index (κ3) is 4.59.